The van der Waals surface area contributed by atoms with Gasteiger partial charge in [-0.15, -0.1) is 11.3 Å². The van der Waals surface area contributed by atoms with Gasteiger partial charge in [-0.05, 0) is 95.5 Å². The van der Waals surface area contributed by atoms with Crippen molar-refractivity contribution in [1.29, 1.82) is 0 Å². The van der Waals surface area contributed by atoms with Gasteiger partial charge in [0.05, 0.1) is 22.9 Å². The lowest BCUT2D eigenvalue weighted by Crippen LogP contribution is -2.06. The summed E-state index contributed by atoms with van der Waals surface area (Å²) in [5, 5.41) is 2.67. The highest BCUT2D eigenvalue weighted by Crippen LogP contribution is 2.56. The lowest BCUT2D eigenvalue weighted by atomic mass is 9.86. The van der Waals surface area contributed by atoms with E-state index < -0.39 is 0 Å². The molecule has 220 valence electrons. The molecule has 2 unspecified atom stereocenters. The number of nitrogens with zero attached hydrogens (tertiary/aromatic N) is 2. The van der Waals surface area contributed by atoms with Crippen LogP contribution in [0.15, 0.2) is 109 Å². The minimum absolute atomic E-state index is 0.674. The van der Waals surface area contributed by atoms with Crippen molar-refractivity contribution in [2.45, 2.75) is 38.0 Å². The van der Waals surface area contributed by atoms with Crippen LogP contribution in [0.25, 0.3) is 65.6 Å². The first-order chi connectivity index (χ1) is 22.8. The zero-order chi connectivity index (χ0) is 30.2. The predicted octanol–water partition coefficient (Wildman–Crippen LogP) is 11.6. The lowest BCUT2D eigenvalue weighted by Gasteiger charge is -2.20. The van der Waals surface area contributed by atoms with Crippen LogP contribution in [-0.4, -0.2) is 9.97 Å². The lowest BCUT2D eigenvalue weighted by molar-refractivity contribution is 0.832. The molecular formula is C43H32N2S. The molecule has 0 bridgehead atoms. The van der Waals surface area contributed by atoms with Gasteiger partial charge in [-0.1, -0.05) is 97.1 Å². The zero-order valence-corrected chi connectivity index (χ0v) is 26.4. The number of benzene rings is 4. The summed E-state index contributed by atoms with van der Waals surface area (Å²) >= 11 is 1.89. The van der Waals surface area contributed by atoms with Crippen LogP contribution in [0.3, 0.4) is 0 Å². The first kappa shape index (κ1) is 26.4. The number of hydrogen-bond acceptors (Lipinski definition) is 3. The predicted molar refractivity (Wildman–Crippen MR) is 196 cm³/mol. The van der Waals surface area contributed by atoms with Crippen molar-refractivity contribution in [3.63, 3.8) is 0 Å². The van der Waals surface area contributed by atoms with Crippen LogP contribution in [0.1, 0.15) is 65.1 Å². The van der Waals surface area contributed by atoms with Crippen molar-refractivity contribution in [2.75, 3.05) is 0 Å². The third-order valence-corrected chi connectivity index (χ3v) is 11.5. The van der Waals surface area contributed by atoms with Gasteiger partial charge in [-0.25, -0.2) is 4.98 Å². The third kappa shape index (κ3) is 4.15. The normalized spacial score (nSPS) is 19.7. The van der Waals surface area contributed by atoms with Gasteiger partial charge >= 0.3 is 0 Å². The summed E-state index contributed by atoms with van der Waals surface area (Å²) in [5.74, 6) is 1.39. The van der Waals surface area contributed by atoms with E-state index in [0.29, 0.717) is 5.92 Å². The average Bonchev–Trinajstić information content (AvgIpc) is 3.89. The fourth-order valence-electron chi connectivity index (χ4n) is 7.98. The second-order valence-corrected chi connectivity index (χ2v) is 14.1. The summed E-state index contributed by atoms with van der Waals surface area (Å²) in [6.45, 7) is 0. The van der Waals surface area contributed by atoms with E-state index in [-0.39, 0.29) is 0 Å². The van der Waals surface area contributed by atoms with Gasteiger partial charge in [0.25, 0.3) is 0 Å². The van der Waals surface area contributed by atoms with Gasteiger partial charge in [-0.3, -0.25) is 4.98 Å². The molecule has 2 aromatic heterocycles. The van der Waals surface area contributed by atoms with E-state index in [1.165, 1.54) is 72.0 Å². The largest absolute Gasteiger partial charge is 0.252 e. The second kappa shape index (κ2) is 10.3. The highest BCUT2D eigenvalue weighted by molar-refractivity contribution is 7.26. The maximum absolute atomic E-state index is 5.40. The Morgan fingerprint density at radius 2 is 1.70 bits per heavy atom. The van der Waals surface area contributed by atoms with Crippen molar-refractivity contribution in [1.82, 2.24) is 9.97 Å². The van der Waals surface area contributed by atoms with Gasteiger partial charge in [-0.2, -0.15) is 0 Å². The molecule has 2 atom stereocenters. The molecule has 0 aliphatic heterocycles. The summed E-state index contributed by atoms with van der Waals surface area (Å²) < 4.78 is 2.69. The topological polar surface area (TPSA) is 25.8 Å². The smallest absolute Gasteiger partial charge is 0.0975 e. The summed E-state index contributed by atoms with van der Waals surface area (Å²) in [7, 11) is 0. The number of rotatable bonds is 3. The van der Waals surface area contributed by atoms with Gasteiger partial charge in [0, 0.05) is 36.9 Å². The Morgan fingerprint density at radius 3 is 2.70 bits per heavy atom. The molecule has 0 saturated heterocycles. The molecule has 4 aliphatic carbocycles. The van der Waals surface area contributed by atoms with E-state index >= 15 is 0 Å². The van der Waals surface area contributed by atoms with E-state index in [9.17, 15) is 0 Å². The molecule has 1 saturated carbocycles. The van der Waals surface area contributed by atoms with Gasteiger partial charge in [0.15, 0.2) is 0 Å². The molecule has 3 heteroatoms. The van der Waals surface area contributed by atoms with E-state index in [0.717, 1.165) is 47.5 Å². The van der Waals surface area contributed by atoms with Gasteiger partial charge < -0.3 is 0 Å². The Balaban J connectivity index is 1.08. The zero-order valence-electron chi connectivity index (χ0n) is 25.5. The monoisotopic (exact) mass is 608 g/mol. The molecule has 4 aliphatic rings. The van der Waals surface area contributed by atoms with Crippen molar-refractivity contribution >= 4 is 65.8 Å². The van der Waals surface area contributed by atoms with Crippen molar-refractivity contribution < 1.29 is 0 Å². The number of aromatic nitrogens is 2. The van der Waals surface area contributed by atoms with Crippen LogP contribution < -0.4 is 0 Å². The minimum Gasteiger partial charge on any atom is -0.252 e. The van der Waals surface area contributed by atoms with Crippen LogP contribution in [0, 0.1) is 5.92 Å². The summed E-state index contributed by atoms with van der Waals surface area (Å²) in [6, 6.07) is 24.5. The summed E-state index contributed by atoms with van der Waals surface area (Å²) in [5.41, 5.74) is 14.8. The average molecular weight is 609 g/mol. The third-order valence-electron chi connectivity index (χ3n) is 10.3. The van der Waals surface area contributed by atoms with E-state index in [4.69, 9.17) is 9.97 Å². The standard InChI is InChI=1S/C43H32N2S/c1-2-15-33-34(16-3-1)42-41(36-21-20-29-24-37(29)40(33)36)44-25-38(45-42)30-11-5-4-10-26(23-30)27-12-8-13-28(22-27)31-17-9-18-35-32-14-6-7-19-39(32)46-43(31)35/h3,5-14,16-23,25,29,37H,1-2,4,15,24H2. The van der Waals surface area contributed by atoms with Gasteiger partial charge in [0.2, 0.25) is 0 Å². The first-order valence-electron chi connectivity index (χ1n) is 16.6. The van der Waals surface area contributed by atoms with Crippen molar-refractivity contribution in [3.05, 3.63) is 143 Å². The van der Waals surface area contributed by atoms with Crippen molar-refractivity contribution in [3.8, 4) is 11.1 Å². The Hall–Kier alpha value is -4.86. The van der Waals surface area contributed by atoms with Crippen LogP contribution in [0.2, 0.25) is 0 Å². The molecule has 10 rings (SSSR count). The Kier molecular flexibility index (Phi) is 5.92. The maximum atomic E-state index is 5.40. The molecular weight excluding hydrogens is 577 g/mol. The fraction of sp³-hybridized carbons (Fsp3) is 0.163. The molecule has 2 nitrogen and oxygen atoms in total. The van der Waals surface area contributed by atoms with E-state index in [1.54, 1.807) is 5.56 Å². The molecule has 0 radical (unpaired) electrons. The van der Waals surface area contributed by atoms with E-state index in [2.05, 4.69) is 115 Å². The first-order valence-corrected chi connectivity index (χ1v) is 17.4. The fourth-order valence-corrected chi connectivity index (χ4v) is 9.21. The van der Waals surface area contributed by atoms with Crippen LogP contribution in [-0.2, 0) is 6.42 Å². The molecule has 6 aromatic rings. The highest BCUT2D eigenvalue weighted by Gasteiger charge is 2.42. The van der Waals surface area contributed by atoms with Crippen LogP contribution >= 0.6 is 11.3 Å². The van der Waals surface area contributed by atoms with Crippen molar-refractivity contribution in [2.24, 2.45) is 5.92 Å². The molecule has 4 aromatic carbocycles. The number of thiophene rings is 1. The Bertz CT molecular complexity index is 2410. The minimum atomic E-state index is 0.674. The van der Waals surface area contributed by atoms with Gasteiger partial charge in [0.1, 0.15) is 0 Å². The quantitative estimate of drug-likeness (QED) is 0.200. The number of fused-ring (bicyclic) bond motifs is 11. The molecule has 2 heterocycles. The SMILES string of the molecule is C1=CC(c2cnc3c4c(c5c(c3n2)C=CCCC5)C2CC2C=C4)=CC(c2cccc(-c3cccc4c3sc3ccccc34)c2)=CC1. The highest BCUT2D eigenvalue weighted by atomic mass is 32.1. The molecule has 0 N–H and O–H groups in total. The summed E-state index contributed by atoms with van der Waals surface area (Å²) in [6.07, 6.45) is 26.2. The number of allylic oxidation sites excluding steroid dienone is 8. The molecule has 0 spiro atoms. The molecule has 46 heavy (non-hydrogen) atoms. The maximum Gasteiger partial charge on any atom is 0.0975 e. The Morgan fingerprint density at radius 1 is 0.783 bits per heavy atom. The van der Waals surface area contributed by atoms with E-state index in [1.807, 2.05) is 17.5 Å². The van der Waals surface area contributed by atoms with Crippen LogP contribution in [0.4, 0.5) is 0 Å². The Labute approximate surface area is 272 Å². The summed E-state index contributed by atoms with van der Waals surface area (Å²) in [4.78, 5) is 10.5. The molecule has 0 amide bonds. The second-order valence-electron chi connectivity index (χ2n) is 13.1. The number of hydrogen-bond donors (Lipinski definition) is 0. The molecule has 1 fully saturated rings. The van der Waals surface area contributed by atoms with Crippen LogP contribution in [0.5, 0.6) is 0 Å².